The molecule has 0 aliphatic rings. The van der Waals surface area contributed by atoms with Crippen LogP contribution in [0, 0.1) is 0 Å². The predicted octanol–water partition coefficient (Wildman–Crippen LogP) is 0.759. The molecular weight excluding hydrogens is 153 g/mol. The Morgan fingerprint density at radius 3 is 2.11 bits per heavy atom. The van der Waals surface area contributed by atoms with Crippen molar-refractivity contribution in [1.29, 1.82) is 0 Å². The van der Waals surface area contributed by atoms with Crippen molar-refractivity contribution in [3.8, 4) is 0 Å². The summed E-state index contributed by atoms with van der Waals surface area (Å²) in [5.74, 6) is -2.12. The second kappa shape index (κ2) is 2.86. The van der Waals surface area contributed by atoms with E-state index in [9.17, 15) is 18.0 Å². The molecule has 52 valence electrons. The van der Waals surface area contributed by atoms with Crippen molar-refractivity contribution >= 4 is 15.7 Å². The Balaban J connectivity index is 3.74. The summed E-state index contributed by atoms with van der Waals surface area (Å²) in [7, 11) is -0.458. The van der Waals surface area contributed by atoms with E-state index in [4.69, 9.17) is 0 Å². The molecule has 0 amide bonds. The van der Waals surface area contributed by atoms with E-state index in [0.717, 1.165) is 0 Å². The summed E-state index contributed by atoms with van der Waals surface area (Å²) in [6.07, 6.45) is -4.84. The molecule has 0 spiro atoms. The third kappa shape index (κ3) is 3.12. The van der Waals surface area contributed by atoms with E-state index in [0.29, 0.717) is 0 Å². The molecule has 0 rings (SSSR count). The molecule has 9 heavy (non-hydrogen) atoms. The van der Waals surface area contributed by atoms with Crippen molar-refractivity contribution in [2.24, 2.45) is 0 Å². The molecule has 0 bridgehead atoms. The van der Waals surface area contributed by atoms with Crippen molar-refractivity contribution in [3.63, 3.8) is 0 Å². The Morgan fingerprint density at radius 2 is 2.00 bits per heavy atom. The molecule has 0 aromatic heterocycles. The Labute approximate surface area is 51.9 Å². The number of hydrogen-bond acceptors (Lipinski definition) is 2. The fourth-order valence-electron chi connectivity index (χ4n) is 0.151. The molecule has 0 heterocycles. The molecule has 0 unspecified atom stereocenters. The quantitative estimate of drug-likeness (QED) is 0.524. The van der Waals surface area contributed by atoms with Gasteiger partial charge in [-0.15, -0.1) is 0 Å². The SMILES string of the molecule is C[Si]OC(=O)C(F)(F)F. The highest BCUT2D eigenvalue weighted by Gasteiger charge is 2.40. The van der Waals surface area contributed by atoms with Gasteiger partial charge in [0.05, 0.1) is 0 Å². The first-order valence-corrected chi connectivity index (χ1v) is 3.34. The number of carbonyl (C=O) groups is 1. The molecule has 0 saturated carbocycles. The highest BCUT2D eigenvalue weighted by Crippen LogP contribution is 2.15. The Kier molecular flexibility index (Phi) is 2.69. The van der Waals surface area contributed by atoms with Crippen LogP contribution in [0.15, 0.2) is 0 Å². The van der Waals surface area contributed by atoms with Gasteiger partial charge in [0.1, 0.15) is 0 Å². The number of halogens is 3. The van der Waals surface area contributed by atoms with Gasteiger partial charge in [-0.2, -0.15) is 13.2 Å². The minimum Gasteiger partial charge on any atom is -0.510 e. The molecule has 0 fully saturated rings. The highest BCUT2D eigenvalue weighted by atomic mass is 28.2. The van der Waals surface area contributed by atoms with E-state index in [1.165, 1.54) is 6.55 Å². The van der Waals surface area contributed by atoms with Gasteiger partial charge < -0.3 is 4.43 Å². The third-order valence-electron chi connectivity index (χ3n) is 0.426. The third-order valence-corrected chi connectivity index (χ3v) is 0.816. The summed E-state index contributed by atoms with van der Waals surface area (Å²) in [6, 6.07) is 0. The van der Waals surface area contributed by atoms with Gasteiger partial charge >= 0.3 is 21.9 Å². The van der Waals surface area contributed by atoms with Crippen LogP contribution in [-0.2, 0) is 9.22 Å². The Morgan fingerprint density at radius 1 is 1.56 bits per heavy atom. The molecule has 0 atom stereocenters. The van der Waals surface area contributed by atoms with Gasteiger partial charge in [-0.1, -0.05) is 0 Å². The van der Waals surface area contributed by atoms with Gasteiger partial charge in [0.15, 0.2) is 0 Å². The zero-order valence-electron chi connectivity index (χ0n) is 4.45. The summed E-state index contributed by atoms with van der Waals surface area (Å²) < 4.78 is 37.2. The average molecular weight is 156 g/mol. The molecular formula is C3H3F3O2Si. The van der Waals surface area contributed by atoms with E-state index in [1.54, 1.807) is 0 Å². The van der Waals surface area contributed by atoms with Crippen LogP contribution in [0.2, 0.25) is 6.55 Å². The van der Waals surface area contributed by atoms with Crippen LogP contribution in [0.5, 0.6) is 0 Å². The summed E-state index contributed by atoms with van der Waals surface area (Å²) in [4.78, 5) is 9.72. The molecule has 0 aromatic carbocycles. The largest absolute Gasteiger partial charge is 0.510 e. The Bertz CT molecular complexity index is 110. The first-order valence-electron chi connectivity index (χ1n) is 1.93. The van der Waals surface area contributed by atoms with Gasteiger partial charge in [-0.25, -0.2) is 4.79 Å². The number of alkyl halides is 3. The lowest BCUT2D eigenvalue weighted by atomic mass is 10.7. The maximum Gasteiger partial charge on any atom is 0.489 e. The molecule has 2 radical (unpaired) electrons. The first kappa shape index (κ1) is 8.48. The highest BCUT2D eigenvalue weighted by molar-refractivity contribution is 6.28. The Hall–Kier alpha value is -0.523. The van der Waals surface area contributed by atoms with Crippen LogP contribution >= 0.6 is 0 Å². The van der Waals surface area contributed by atoms with E-state index in [1.807, 2.05) is 0 Å². The van der Waals surface area contributed by atoms with Gasteiger partial charge in [0.25, 0.3) is 0 Å². The fraction of sp³-hybridized carbons (Fsp3) is 0.667. The number of hydrogen-bond donors (Lipinski definition) is 0. The maximum absolute atomic E-state index is 11.2. The summed E-state index contributed by atoms with van der Waals surface area (Å²) in [5.41, 5.74) is 0. The molecule has 6 heteroatoms. The van der Waals surface area contributed by atoms with E-state index >= 15 is 0 Å². The molecule has 0 N–H and O–H groups in total. The van der Waals surface area contributed by atoms with Crippen LogP contribution in [-0.4, -0.2) is 21.9 Å². The van der Waals surface area contributed by atoms with Gasteiger partial charge in [0.2, 0.25) is 0 Å². The number of rotatable bonds is 1. The summed E-state index contributed by atoms with van der Waals surface area (Å²) >= 11 is 0. The minimum atomic E-state index is -4.84. The number of carbonyl (C=O) groups excluding carboxylic acids is 1. The van der Waals surface area contributed by atoms with Crippen molar-refractivity contribution in [2.45, 2.75) is 12.7 Å². The first-order chi connectivity index (χ1) is 3.98. The van der Waals surface area contributed by atoms with Crippen molar-refractivity contribution in [2.75, 3.05) is 0 Å². The second-order valence-corrected chi connectivity index (χ2v) is 1.70. The summed E-state index contributed by atoms with van der Waals surface area (Å²) in [6.45, 7) is 1.34. The van der Waals surface area contributed by atoms with E-state index in [2.05, 4.69) is 4.43 Å². The van der Waals surface area contributed by atoms with Crippen LogP contribution in [0.1, 0.15) is 0 Å². The van der Waals surface area contributed by atoms with Gasteiger partial charge in [-0.3, -0.25) is 0 Å². The summed E-state index contributed by atoms with van der Waals surface area (Å²) in [5, 5.41) is 0. The van der Waals surface area contributed by atoms with Crippen molar-refractivity contribution < 1.29 is 22.4 Å². The van der Waals surface area contributed by atoms with Crippen molar-refractivity contribution in [1.82, 2.24) is 0 Å². The van der Waals surface area contributed by atoms with Crippen molar-refractivity contribution in [3.05, 3.63) is 0 Å². The molecule has 0 aliphatic heterocycles. The standard InChI is InChI=1S/C3H3F3O2Si/c1-9-8-2(7)3(4,5)6/h1H3. The van der Waals surface area contributed by atoms with E-state index in [-0.39, 0.29) is 0 Å². The monoisotopic (exact) mass is 156 g/mol. The van der Waals surface area contributed by atoms with Crippen LogP contribution in [0.3, 0.4) is 0 Å². The molecule has 0 saturated heterocycles. The lowest BCUT2D eigenvalue weighted by Gasteiger charge is -2.02. The molecule has 0 aliphatic carbocycles. The molecule has 2 nitrogen and oxygen atoms in total. The average Bonchev–Trinajstić information content (AvgIpc) is 1.64. The second-order valence-electron chi connectivity index (χ2n) is 1.09. The topological polar surface area (TPSA) is 26.3 Å². The lowest BCUT2D eigenvalue weighted by molar-refractivity contribution is -0.189. The zero-order chi connectivity index (χ0) is 7.49. The predicted molar refractivity (Wildman–Crippen MR) is 23.8 cm³/mol. The van der Waals surface area contributed by atoms with Crippen LogP contribution in [0.4, 0.5) is 13.2 Å². The maximum atomic E-state index is 11.2. The normalized spacial score (nSPS) is 11.1. The van der Waals surface area contributed by atoms with E-state index < -0.39 is 21.9 Å². The van der Waals surface area contributed by atoms with Gasteiger partial charge in [-0.05, 0) is 6.55 Å². The zero-order valence-corrected chi connectivity index (χ0v) is 5.45. The van der Waals surface area contributed by atoms with Crippen LogP contribution in [0.25, 0.3) is 0 Å². The smallest absolute Gasteiger partial charge is 0.489 e. The fourth-order valence-corrected chi connectivity index (χ4v) is 0.452. The molecule has 0 aromatic rings. The lowest BCUT2D eigenvalue weighted by Crippen LogP contribution is -2.25. The van der Waals surface area contributed by atoms with Gasteiger partial charge in [0, 0.05) is 0 Å². The minimum absolute atomic E-state index is 0.458. The van der Waals surface area contributed by atoms with Crippen LogP contribution < -0.4 is 0 Å².